The van der Waals surface area contributed by atoms with Crippen molar-refractivity contribution in [2.75, 3.05) is 19.7 Å². The van der Waals surface area contributed by atoms with Gasteiger partial charge in [0.15, 0.2) is 0 Å². The van der Waals surface area contributed by atoms with Crippen LogP contribution in [-0.4, -0.2) is 53.7 Å². The number of carbonyl (C=O) groups excluding carboxylic acids is 2. The van der Waals surface area contributed by atoms with Crippen LogP contribution in [0.5, 0.6) is 0 Å². The Labute approximate surface area is 118 Å². The van der Waals surface area contributed by atoms with Gasteiger partial charge in [-0.05, 0) is 27.2 Å². The number of imide groups is 1. The summed E-state index contributed by atoms with van der Waals surface area (Å²) in [6.07, 6.45) is 0.398. The summed E-state index contributed by atoms with van der Waals surface area (Å²) in [5.74, 6) is -1.66. The van der Waals surface area contributed by atoms with Crippen molar-refractivity contribution in [2.45, 2.75) is 39.7 Å². The minimum atomic E-state index is -1.19. The fourth-order valence-corrected chi connectivity index (χ4v) is 1.90. The number of carbonyl (C=O) groups is 3. The second-order valence-corrected chi connectivity index (χ2v) is 5.70. The summed E-state index contributed by atoms with van der Waals surface area (Å²) in [4.78, 5) is 36.1. The minimum Gasteiger partial charge on any atom is -0.481 e. The molecule has 1 saturated heterocycles. The summed E-state index contributed by atoms with van der Waals surface area (Å²) >= 11 is 0. The fraction of sp³-hybridized carbons (Fsp3) is 0.769. The molecule has 1 aliphatic heterocycles. The lowest BCUT2D eigenvalue weighted by molar-refractivity contribution is -0.149. The standard InChI is InChI=1S/C13H22N2O5/c1-9-8-15(5-4-6-20-9)12(19)14-10(16)7-13(2,3)11(17)18/h9H,4-8H2,1-3H3,(H,17,18)(H,14,16,19). The van der Waals surface area contributed by atoms with Crippen LogP contribution in [-0.2, 0) is 14.3 Å². The Morgan fingerprint density at radius 3 is 2.65 bits per heavy atom. The highest BCUT2D eigenvalue weighted by molar-refractivity contribution is 5.96. The second kappa shape index (κ2) is 6.69. The molecule has 1 aliphatic rings. The highest BCUT2D eigenvalue weighted by Gasteiger charge is 2.31. The third-order valence-electron chi connectivity index (χ3n) is 3.17. The fourth-order valence-electron chi connectivity index (χ4n) is 1.90. The largest absolute Gasteiger partial charge is 0.481 e. The van der Waals surface area contributed by atoms with Crippen LogP contribution in [0.25, 0.3) is 0 Å². The van der Waals surface area contributed by atoms with Crippen LogP contribution in [0.15, 0.2) is 0 Å². The van der Waals surface area contributed by atoms with Gasteiger partial charge >= 0.3 is 12.0 Å². The van der Waals surface area contributed by atoms with Crippen LogP contribution < -0.4 is 5.32 Å². The average molecular weight is 286 g/mol. The number of urea groups is 1. The number of nitrogens with one attached hydrogen (secondary N) is 1. The summed E-state index contributed by atoms with van der Waals surface area (Å²) < 4.78 is 5.42. The van der Waals surface area contributed by atoms with Gasteiger partial charge in [-0.3, -0.25) is 14.9 Å². The Balaban J connectivity index is 2.52. The van der Waals surface area contributed by atoms with Crippen LogP contribution in [0.3, 0.4) is 0 Å². The van der Waals surface area contributed by atoms with Gasteiger partial charge in [-0.15, -0.1) is 0 Å². The molecule has 0 aromatic rings. The van der Waals surface area contributed by atoms with E-state index < -0.39 is 23.3 Å². The van der Waals surface area contributed by atoms with E-state index in [9.17, 15) is 14.4 Å². The lowest BCUT2D eigenvalue weighted by Gasteiger charge is -2.23. The number of ether oxygens (including phenoxy) is 1. The third kappa shape index (κ3) is 4.80. The predicted octanol–water partition coefficient (Wildman–Crippen LogP) is 0.834. The first kappa shape index (κ1) is 16.4. The Morgan fingerprint density at radius 2 is 2.05 bits per heavy atom. The van der Waals surface area contributed by atoms with Crippen molar-refractivity contribution in [3.8, 4) is 0 Å². The van der Waals surface area contributed by atoms with Crippen LogP contribution in [0.2, 0.25) is 0 Å². The molecule has 1 rings (SSSR count). The molecular formula is C13H22N2O5. The van der Waals surface area contributed by atoms with E-state index >= 15 is 0 Å². The number of nitrogens with zero attached hydrogens (tertiary/aromatic N) is 1. The van der Waals surface area contributed by atoms with Crippen molar-refractivity contribution >= 4 is 17.9 Å². The SMILES string of the molecule is CC1CN(C(=O)NC(=O)CC(C)(C)C(=O)O)CCCO1. The quantitative estimate of drug-likeness (QED) is 0.801. The van der Waals surface area contributed by atoms with Crippen LogP contribution in [0.4, 0.5) is 4.79 Å². The lowest BCUT2D eigenvalue weighted by Crippen LogP contribution is -2.46. The molecule has 0 radical (unpaired) electrons. The number of rotatable bonds is 3. The monoisotopic (exact) mass is 286 g/mol. The average Bonchev–Trinajstić information content (AvgIpc) is 2.52. The molecule has 2 N–H and O–H groups in total. The Bertz CT molecular complexity index is 394. The molecular weight excluding hydrogens is 264 g/mol. The van der Waals surface area contributed by atoms with Crippen LogP contribution in [0.1, 0.15) is 33.6 Å². The van der Waals surface area contributed by atoms with Crippen molar-refractivity contribution in [1.29, 1.82) is 0 Å². The van der Waals surface area contributed by atoms with Crippen molar-refractivity contribution in [2.24, 2.45) is 5.41 Å². The van der Waals surface area contributed by atoms with Crippen LogP contribution in [0, 0.1) is 5.41 Å². The normalized spacial score (nSPS) is 20.1. The molecule has 0 aromatic carbocycles. The topological polar surface area (TPSA) is 95.9 Å². The molecule has 20 heavy (non-hydrogen) atoms. The van der Waals surface area contributed by atoms with Gasteiger partial charge in [0.25, 0.3) is 0 Å². The van der Waals surface area contributed by atoms with Crippen molar-refractivity contribution < 1.29 is 24.2 Å². The maximum Gasteiger partial charge on any atom is 0.324 e. The van der Waals surface area contributed by atoms with E-state index in [1.807, 2.05) is 6.92 Å². The van der Waals surface area contributed by atoms with Gasteiger partial charge in [-0.25, -0.2) is 4.79 Å². The number of carboxylic acids is 1. The van der Waals surface area contributed by atoms with Crippen molar-refractivity contribution in [3.05, 3.63) is 0 Å². The van der Waals surface area contributed by atoms with Gasteiger partial charge < -0.3 is 14.7 Å². The Morgan fingerprint density at radius 1 is 1.40 bits per heavy atom. The maximum atomic E-state index is 12.0. The zero-order chi connectivity index (χ0) is 15.3. The zero-order valence-corrected chi connectivity index (χ0v) is 12.1. The Kier molecular flexibility index (Phi) is 5.50. The predicted molar refractivity (Wildman–Crippen MR) is 71.2 cm³/mol. The first-order valence-electron chi connectivity index (χ1n) is 6.66. The number of amides is 3. The van der Waals surface area contributed by atoms with Gasteiger partial charge in [0.05, 0.1) is 11.5 Å². The summed E-state index contributed by atoms with van der Waals surface area (Å²) in [7, 11) is 0. The summed E-state index contributed by atoms with van der Waals surface area (Å²) in [5.41, 5.74) is -1.19. The molecule has 0 bridgehead atoms. The van der Waals surface area contributed by atoms with E-state index in [1.165, 1.54) is 18.7 Å². The maximum absolute atomic E-state index is 12.0. The van der Waals surface area contributed by atoms with Gasteiger partial charge in [-0.2, -0.15) is 0 Å². The molecule has 0 aromatic heterocycles. The summed E-state index contributed by atoms with van der Waals surface area (Å²) in [6, 6.07) is -0.492. The molecule has 3 amide bonds. The zero-order valence-electron chi connectivity index (χ0n) is 12.1. The van der Waals surface area contributed by atoms with Gasteiger partial charge in [0.2, 0.25) is 5.91 Å². The number of carboxylic acid groups (broad SMARTS) is 1. The number of hydrogen-bond donors (Lipinski definition) is 2. The molecule has 1 atom stereocenters. The van der Waals surface area contributed by atoms with Gasteiger partial charge in [0, 0.05) is 26.1 Å². The third-order valence-corrected chi connectivity index (χ3v) is 3.17. The molecule has 1 fully saturated rings. The first-order chi connectivity index (χ1) is 9.22. The molecule has 7 nitrogen and oxygen atoms in total. The molecule has 0 saturated carbocycles. The van der Waals surface area contributed by atoms with E-state index in [0.717, 1.165) is 0 Å². The van der Waals surface area contributed by atoms with Gasteiger partial charge in [0.1, 0.15) is 0 Å². The van der Waals surface area contributed by atoms with E-state index in [-0.39, 0.29) is 12.5 Å². The number of hydrogen-bond acceptors (Lipinski definition) is 4. The molecule has 114 valence electrons. The second-order valence-electron chi connectivity index (χ2n) is 5.70. The molecule has 7 heteroatoms. The highest BCUT2D eigenvalue weighted by Crippen LogP contribution is 2.20. The van der Waals surface area contributed by atoms with Crippen molar-refractivity contribution in [1.82, 2.24) is 10.2 Å². The van der Waals surface area contributed by atoms with E-state index in [4.69, 9.17) is 9.84 Å². The highest BCUT2D eigenvalue weighted by atomic mass is 16.5. The molecule has 1 heterocycles. The van der Waals surface area contributed by atoms with Gasteiger partial charge in [-0.1, -0.05) is 0 Å². The molecule has 1 unspecified atom stereocenters. The van der Waals surface area contributed by atoms with Crippen molar-refractivity contribution in [3.63, 3.8) is 0 Å². The molecule has 0 spiro atoms. The van der Waals surface area contributed by atoms with E-state index in [2.05, 4.69) is 5.32 Å². The first-order valence-corrected chi connectivity index (χ1v) is 6.66. The smallest absolute Gasteiger partial charge is 0.324 e. The molecule has 0 aliphatic carbocycles. The van der Waals surface area contributed by atoms with Crippen LogP contribution >= 0.6 is 0 Å². The number of aliphatic carboxylic acids is 1. The lowest BCUT2D eigenvalue weighted by atomic mass is 9.89. The van der Waals surface area contributed by atoms with E-state index in [1.54, 1.807) is 0 Å². The Hall–Kier alpha value is -1.63. The van der Waals surface area contributed by atoms with E-state index in [0.29, 0.717) is 26.1 Å². The minimum absolute atomic E-state index is 0.0752. The summed E-state index contributed by atoms with van der Waals surface area (Å²) in [5, 5.41) is 11.2. The summed E-state index contributed by atoms with van der Waals surface area (Å²) in [6.45, 7) is 6.28.